The molecule has 2 heterocycles. The lowest BCUT2D eigenvalue weighted by Gasteiger charge is -2.29. The van der Waals surface area contributed by atoms with Gasteiger partial charge in [0.2, 0.25) is 0 Å². The number of hydrogen-bond donors (Lipinski definition) is 0. The van der Waals surface area contributed by atoms with Crippen molar-refractivity contribution in [2.75, 3.05) is 13.1 Å². The lowest BCUT2D eigenvalue weighted by Crippen LogP contribution is -2.39. The van der Waals surface area contributed by atoms with Crippen LogP contribution in [0, 0.1) is 0 Å². The second kappa shape index (κ2) is 5.48. The number of ether oxygens (including phenoxy) is 1. The van der Waals surface area contributed by atoms with Crippen molar-refractivity contribution in [2.45, 2.75) is 32.8 Å². The number of aromatic nitrogens is 2. The third-order valence-corrected chi connectivity index (χ3v) is 2.70. The Morgan fingerprint density at radius 3 is 2.90 bits per heavy atom. The Balaban J connectivity index is 2.06. The molecule has 0 radical (unpaired) electrons. The van der Waals surface area contributed by atoms with Crippen LogP contribution in [0.2, 0.25) is 0 Å². The Kier molecular flexibility index (Phi) is 3.92. The van der Waals surface area contributed by atoms with Gasteiger partial charge in [-0.2, -0.15) is 4.98 Å². The van der Waals surface area contributed by atoms with Gasteiger partial charge < -0.3 is 14.2 Å². The van der Waals surface area contributed by atoms with Gasteiger partial charge in [0.25, 0.3) is 5.89 Å². The zero-order valence-corrected chi connectivity index (χ0v) is 12.0. The molecule has 0 unspecified atom stereocenters. The average molecular weight is 277 g/mol. The Morgan fingerprint density at radius 2 is 2.30 bits per heavy atom. The maximum absolute atomic E-state index is 12.0. The van der Waals surface area contributed by atoms with Crippen LogP contribution in [0.1, 0.15) is 38.9 Å². The molecule has 108 valence electrons. The molecule has 20 heavy (non-hydrogen) atoms. The molecule has 0 atom stereocenters. The monoisotopic (exact) mass is 277 g/mol. The third kappa shape index (κ3) is 3.46. The summed E-state index contributed by atoms with van der Waals surface area (Å²) in [6.45, 7) is 10.2. The molecule has 1 aromatic heterocycles. The fraction of sp³-hybridized carbons (Fsp3) is 0.500. The van der Waals surface area contributed by atoms with E-state index in [0.717, 1.165) is 12.0 Å². The lowest BCUT2D eigenvalue weighted by atomic mass is 10.1. The molecular formula is C14H19N3O3. The minimum Gasteiger partial charge on any atom is -0.444 e. The van der Waals surface area contributed by atoms with Gasteiger partial charge >= 0.3 is 6.09 Å². The molecule has 0 spiro atoms. The zero-order chi connectivity index (χ0) is 14.8. The standard InChI is InChI=1S/C14H19N3O3/c1-5-11-15-12(20-16-11)10-7-6-8-17(9-10)13(18)19-14(2,3)4/h5,7H,1,6,8-9H2,2-4H3. The van der Waals surface area contributed by atoms with Crippen molar-refractivity contribution in [3.63, 3.8) is 0 Å². The smallest absolute Gasteiger partial charge is 0.410 e. The van der Waals surface area contributed by atoms with E-state index >= 15 is 0 Å². The number of carbonyl (C=O) groups excluding carboxylic acids is 1. The van der Waals surface area contributed by atoms with Gasteiger partial charge in [-0.1, -0.05) is 17.8 Å². The Morgan fingerprint density at radius 1 is 1.55 bits per heavy atom. The quantitative estimate of drug-likeness (QED) is 0.831. The maximum atomic E-state index is 12.0. The van der Waals surface area contributed by atoms with Crippen molar-refractivity contribution in [3.05, 3.63) is 24.4 Å². The van der Waals surface area contributed by atoms with Gasteiger partial charge in [0.1, 0.15) is 5.60 Å². The number of rotatable bonds is 2. The average Bonchev–Trinajstić information content (AvgIpc) is 2.85. The van der Waals surface area contributed by atoms with E-state index in [1.807, 2.05) is 26.8 Å². The molecule has 0 saturated heterocycles. The van der Waals surface area contributed by atoms with Crippen molar-refractivity contribution in [1.29, 1.82) is 0 Å². The van der Waals surface area contributed by atoms with Crippen LogP contribution in [0.15, 0.2) is 17.2 Å². The molecule has 0 N–H and O–H groups in total. The minimum absolute atomic E-state index is 0.327. The van der Waals surface area contributed by atoms with E-state index in [4.69, 9.17) is 9.26 Å². The van der Waals surface area contributed by atoms with Crippen molar-refractivity contribution < 1.29 is 14.1 Å². The Hall–Kier alpha value is -2.11. The van der Waals surface area contributed by atoms with Crippen LogP contribution in [0.3, 0.4) is 0 Å². The van der Waals surface area contributed by atoms with E-state index in [0.29, 0.717) is 24.8 Å². The number of hydrogen-bond acceptors (Lipinski definition) is 5. The van der Waals surface area contributed by atoms with E-state index < -0.39 is 5.60 Å². The maximum Gasteiger partial charge on any atom is 0.410 e. The van der Waals surface area contributed by atoms with Crippen LogP contribution in [-0.2, 0) is 4.74 Å². The molecule has 0 aliphatic carbocycles. The Labute approximate surface area is 118 Å². The SMILES string of the molecule is C=Cc1noc(C2=CCCN(C(=O)OC(C)(C)C)C2)n1. The van der Waals surface area contributed by atoms with E-state index in [1.165, 1.54) is 6.08 Å². The second-order valence-electron chi connectivity index (χ2n) is 5.58. The zero-order valence-electron chi connectivity index (χ0n) is 12.0. The molecular weight excluding hydrogens is 258 g/mol. The van der Waals surface area contributed by atoms with Crippen LogP contribution in [0.5, 0.6) is 0 Å². The van der Waals surface area contributed by atoms with Crippen LogP contribution < -0.4 is 0 Å². The van der Waals surface area contributed by atoms with Crippen molar-refractivity contribution in [2.24, 2.45) is 0 Å². The van der Waals surface area contributed by atoms with Gasteiger partial charge in [0.05, 0.1) is 6.54 Å². The van der Waals surface area contributed by atoms with Gasteiger partial charge in [-0.3, -0.25) is 0 Å². The first-order valence-corrected chi connectivity index (χ1v) is 6.52. The van der Waals surface area contributed by atoms with Crippen LogP contribution in [-0.4, -0.2) is 39.8 Å². The highest BCUT2D eigenvalue weighted by Gasteiger charge is 2.26. The summed E-state index contributed by atoms with van der Waals surface area (Å²) in [7, 11) is 0. The first-order valence-electron chi connectivity index (χ1n) is 6.52. The fourth-order valence-electron chi connectivity index (χ4n) is 1.83. The molecule has 0 bridgehead atoms. The number of amides is 1. The van der Waals surface area contributed by atoms with E-state index in [1.54, 1.807) is 4.90 Å². The lowest BCUT2D eigenvalue weighted by molar-refractivity contribution is 0.0272. The third-order valence-electron chi connectivity index (χ3n) is 2.70. The van der Waals surface area contributed by atoms with Gasteiger partial charge in [0, 0.05) is 12.1 Å². The highest BCUT2D eigenvalue weighted by Crippen LogP contribution is 2.21. The summed E-state index contributed by atoms with van der Waals surface area (Å²) in [4.78, 5) is 17.9. The first-order chi connectivity index (χ1) is 9.39. The van der Waals surface area contributed by atoms with Crippen LogP contribution in [0.25, 0.3) is 11.6 Å². The number of carbonyl (C=O) groups is 1. The Bertz CT molecular complexity index is 540. The van der Waals surface area contributed by atoms with Crippen LogP contribution >= 0.6 is 0 Å². The van der Waals surface area contributed by atoms with Crippen molar-refractivity contribution >= 4 is 17.7 Å². The fourth-order valence-corrected chi connectivity index (χ4v) is 1.83. The summed E-state index contributed by atoms with van der Waals surface area (Å²) in [5, 5.41) is 3.76. The molecule has 0 saturated carbocycles. The topological polar surface area (TPSA) is 68.5 Å². The minimum atomic E-state index is -0.501. The predicted molar refractivity (Wildman–Crippen MR) is 74.8 cm³/mol. The molecule has 6 heteroatoms. The molecule has 1 aliphatic heterocycles. The normalized spacial score (nSPS) is 15.8. The van der Waals surface area contributed by atoms with Gasteiger partial charge in [-0.25, -0.2) is 4.79 Å². The highest BCUT2D eigenvalue weighted by molar-refractivity contribution is 5.73. The molecule has 0 fully saturated rings. The van der Waals surface area contributed by atoms with Crippen LogP contribution in [0.4, 0.5) is 4.79 Å². The first kappa shape index (κ1) is 14.3. The highest BCUT2D eigenvalue weighted by atomic mass is 16.6. The summed E-state index contributed by atoms with van der Waals surface area (Å²) >= 11 is 0. The second-order valence-corrected chi connectivity index (χ2v) is 5.58. The largest absolute Gasteiger partial charge is 0.444 e. The molecule has 1 aliphatic rings. The summed E-state index contributed by atoms with van der Waals surface area (Å²) in [5.41, 5.74) is 0.335. The van der Waals surface area contributed by atoms with Gasteiger partial charge in [-0.05, 0) is 33.3 Å². The molecule has 6 nitrogen and oxygen atoms in total. The summed E-state index contributed by atoms with van der Waals surface area (Å²) in [5.74, 6) is 0.864. The van der Waals surface area contributed by atoms with E-state index in [9.17, 15) is 4.79 Å². The summed E-state index contributed by atoms with van der Waals surface area (Å²) in [6.07, 6.45) is 3.93. The molecule has 1 amide bonds. The van der Waals surface area contributed by atoms with E-state index in [-0.39, 0.29) is 6.09 Å². The van der Waals surface area contributed by atoms with E-state index in [2.05, 4.69) is 16.7 Å². The molecule has 1 aromatic rings. The molecule has 2 rings (SSSR count). The van der Waals surface area contributed by atoms with Crippen molar-refractivity contribution in [3.8, 4) is 0 Å². The summed E-state index contributed by atoms with van der Waals surface area (Å²) < 4.78 is 10.5. The predicted octanol–water partition coefficient (Wildman–Crippen LogP) is 2.74. The molecule has 0 aromatic carbocycles. The summed E-state index contributed by atoms with van der Waals surface area (Å²) in [6, 6.07) is 0. The van der Waals surface area contributed by atoms with Gasteiger partial charge in [0.15, 0.2) is 5.82 Å². The van der Waals surface area contributed by atoms with Gasteiger partial charge in [-0.15, -0.1) is 0 Å². The van der Waals surface area contributed by atoms with Crippen molar-refractivity contribution in [1.82, 2.24) is 15.0 Å². The number of nitrogens with zero attached hydrogens (tertiary/aromatic N) is 3.